The fourth-order valence-electron chi connectivity index (χ4n) is 5.46. The van der Waals surface area contributed by atoms with Crippen molar-refractivity contribution in [3.63, 3.8) is 0 Å². The van der Waals surface area contributed by atoms with Gasteiger partial charge in [-0.25, -0.2) is 17.5 Å². The highest BCUT2D eigenvalue weighted by molar-refractivity contribution is 7.93. The van der Waals surface area contributed by atoms with E-state index in [1.807, 2.05) is 18.2 Å². The third-order valence-electron chi connectivity index (χ3n) is 7.32. The van der Waals surface area contributed by atoms with Crippen molar-refractivity contribution < 1.29 is 17.6 Å². The molecule has 4 atom stereocenters. The minimum atomic E-state index is -3.77. The van der Waals surface area contributed by atoms with Gasteiger partial charge in [-0.15, -0.1) is 11.6 Å². The van der Waals surface area contributed by atoms with Crippen molar-refractivity contribution >= 4 is 38.4 Å². The second-order valence-electron chi connectivity index (χ2n) is 9.79. The van der Waals surface area contributed by atoms with Crippen LogP contribution in [-0.2, 0) is 21.2 Å². The van der Waals surface area contributed by atoms with Gasteiger partial charge in [-0.05, 0) is 49.5 Å². The van der Waals surface area contributed by atoms with Crippen LogP contribution in [0, 0.1) is 5.92 Å². The number of fused-ring (bicyclic) bond motifs is 3. The summed E-state index contributed by atoms with van der Waals surface area (Å²) >= 11 is 6.06. The largest absolute Gasteiger partial charge is 0.356 e. The van der Waals surface area contributed by atoms with E-state index in [-0.39, 0.29) is 28.8 Å². The third-order valence-corrected chi connectivity index (χ3v) is 9.08. The number of rotatable bonds is 8. The molecule has 1 fully saturated rings. The molecular weight excluding hydrogens is 489 g/mol. The summed E-state index contributed by atoms with van der Waals surface area (Å²) < 4.78 is 43.8. The number of sulfonamides is 1. The summed E-state index contributed by atoms with van der Waals surface area (Å²) in [6.45, 7) is 2.11. The second-order valence-corrected chi connectivity index (χ2v) is 11.8. The molecule has 0 spiro atoms. The van der Waals surface area contributed by atoms with E-state index in [1.54, 1.807) is 11.0 Å². The van der Waals surface area contributed by atoms with Gasteiger partial charge in [0.2, 0.25) is 15.9 Å². The highest BCUT2D eigenvalue weighted by Crippen LogP contribution is 2.45. The topological polar surface area (TPSA) is 82.3 Å². The molecule has 1 aromatic heterocycles. The summed E-state index contributed by atoms with van der Waals surface area (Å²) in [6.07, 6.45) is 7.69. The number of allylic oxidation sites excluding steroid dienone is 2. The number of hydrogen-bond acceptors (Lipinski definition) is 3. The Bertz CT molecular complexity index is 1280. The van der Waals surface area contributed by atoms with Gasteiger partial charge in [-0.1, -0.05) is 44.0 Å². The maximum absolute atomic E-state index is 15.8. The van der Waals surface area contributed by atoms with Crippen LogP contribution in [0.2, 0.25) is 0 Å². The van der Waals surface area contributed by atoms with E-state index >= 15 is 4.39 Å². The summed E-state index contributed by atoms with van der Waals surface area (Å²) in [6, 6.07) is 7.18. The Kier molecular flexibility index (Phi) is 6.81. The number of H-pyrrole nitrogens is 1. The van der Waals surface area contributed by atoms with Crippen molar-refractivity contribution in [1.29, 1.82) is 0 Å². The first-order chi connectivity index (χ1) is 16.8. The smallest absolute Gasteiger partial charge is 0.240 e. The number of alkyl halides is 2. The number of para-hydroxylation sites is 1. The fourth-order valence-corrected chi connectivity index (χ4v) is 6.98. The summed E-state index contributed by atoms with van der Waals surface area (Å²) in [4.78, 5) is 18.4. The van der Waals surface area contributed by atoms with Gasteiger partial charge in [0.25, 0.3) is 0 Å². The van der Waals surface area contributed by atoms with Crippen molar-refractivity contribution in [2.24, 2.45) is 5.92 Å². The molecular formula is C26H31ClFN3O3S. The Balaban J connectivity index is 1.57. The monoisotopic (exact) mass is 519 g/mol. The highest BCUT2D eigenvalue weighted by Gasteiger charge is 2.45. The van der Waals surface area contributed by atoms with E-state index in [0.717, 1.165) is 54.3 Å². The zero-order valence-corrected chi connectivity index (χ0v) is 21.3. The van der Waals surface area contributed by atoms with Crippen molar-refractivity contribution in [2.75, 3.05) is 5.88 Å². The van der Waals surface area contributed by atoms with Crippen LogP contribution >= 0.6 is 11.6 Å². The number of nitrogens with one attached hydrogen (secondary N) is 2. The molecule has 0 saturated heterocycles. The lowest BCUT2D eigenvalue weighted by Gasteiger charge is -2.45. The normalized spacial score (nSPS) is 26.6. The van der Waals surface area contributed by atoms with Crippen LogP contribution < -0.4 is 4.72 Å². The number of unbranched alkanes of at least 4 members (excludes halogenated alkanes) is 1. The van der Waals surface area contributed by atoms with Crippen LogP contribution in [0.25, 0.3) is 10.9 Å². The number of amides is 1. The third kappa shape index (κ3) is 4.68. The van der Waals surface area contributed by atoms with Crippen molar-refractivity contribution in [3.8, 4) is 0 Å². The van der Waals surface area contributed by atoms with Gasteiger partial charge in [0.15, 0.2) is 0 Å². The Hall–Kier alpha value is -2.16. The first-order valence-corrected chi connectivity index (χ1v) is 14.4. The molecule has 1 amide bonds. The van der Waals surface area contributed by atoms with E-state index in [1.165, 1.54) is 12.2 Å². The van der Waals surface area contributed by atoms with Gasteiger partial charge in [0.05, 0.1) is 10.9 Å². The molecule has 2 heterocycles. The lowest BCUT2D eigenvalue weighted by Crippen LogP contribution is -2.51. The number of carbonyl (C=O) groups is 1. The summed E-state index contributed by atoms with van der Waals surface area (Å²) in [5, 5.41) is 1.08. The lowest BCUT2D eigenvalue weighted by molar-refractivity contribution is -0.136. The van der Waals surface area contributed by atoms with Crippen molar-refractivity contribution in [1.82, 2.24) is 14.6 Å². The number of hydrogen-bond donors (Lipinski definition) is 2. The van der Waals surface area contributed by atoms with Crippen LogP contribution in [0.15, 0.2) is 47.4 Å². The molecule has 5 rings (SSSR count). The van der Waals surface area contributed by atoms with E-state index in [2.05, 4.69) is 22.7 Å². The van der Waals surface area contributed by atoms with Crippen LogP contribution in [0.5, 0.6) is 0 Å². The maximum Gasteiger partial charge on any atom is 0.240 e. The van der Waals surface area contributed by atoms with E-state index in [9.17, 15) is 13.2 Å². The van der Waals surface area contributed by atoms with Gasteiger partial charge in [-0.2, -0.15) is 0 Å². The minimum absolute atomic E-state index is 0.0569. The van der Waals surface area contributed by atoms with Gasteiger partial charge < -0.3 is 9.88 Å². The predicted octanol–water partition coefficient (Wildman–Crippen LogP) is 4.88. The number of carbonyl (C=O) groups excluding carboxylic acids is 1. The minimum Gasteiger partial charge on any atom is -0.356 e. The van der Waals surface area contributed by atoms with Gasteiger partial charge in [-0.3, -0.25) is 4.79 Å². The number of benzene rings is 1. The zero-order chi connectivity index (χ0) is 24.7. The molecule has 2 N–H and O–H groups in total. The molecule has 35 heavy (non-hydrogen) atoms. The SMILES string of the molecule is CCCC[C@H]1Cc2c([nH]c3ccccc23)[C@H](C2C=CC(S(=O)(=O)NC3CC3)=CC2F)N1C(=O)CCl. The first-order valence-electron chi connectivity index (χ1n) is 12.4. The molecule has 9 heteroatoms. The second kappa shape index (κ2) is 9.71. The Morgan fingerprint density at radius 2 is 2.06 bits per heavy atom. The van der Waals surface area contributed by atoms with Gasteiger partial charge in [0, 0.05) is 34.6 Å². The molecule has 2 aliphatic carbocycles. The quantitative estimate of drug-likeness (QED) is 0.488. The molecule has 0 bridgehead atoms. The van der Waals surface area contributed by atoms with Crippen LogP contribution in [0.1, 0.15) is 56.3 Å². The number of halogens is 2. The average molecular weight is 520 g/mol. The molecule has 6 nitrogen and oxygen atoms in total. The highest BCUT2D eigenvalue weighted by atomic mass is 35.5. The molecule has 1 aromatic carbocycles. The molecule has 188 valence electrons. The average Bonchev–Trinajstić information content (AvgIpc) is 3.58. The summed E-state index contributed by atoms with van der Waals surface area (Å²) in [7, 11) is -3.77. The fraction of sp³-hybridized carbons (Fsp3) is 0.500. The van der Waals surface area contributed by atoms with Crippen molar-refractivity contribution in [3.05, 3.63) is 58.7 Å². The van der Waals surface area contributed by atoms with Crippen molar-refractivity contribution in [2.45, 2.75) is 69.7 Å². The van der Waals surface area contributed by atoms with E-state index < -0.39 is 28.2 Å². The summed E-state index contributed by atoms with van der Waals surface area (Å²) in [5.74, 6) is -1.16. The van der Waals surface area contributed by atoms with Crippen LogP contribution in [0.3, 0.4) is 0 Å². The summed E-state index contributed by atoms with van der Waals surface area (Å²) in [5.41, 5.74) is 2.86. The van der Waals surface area contributed by atoms with E-state index in [0.29, 0.717) is 6.42 Å². The standard InChI is InChI=1S/C26H31ClFN3O3S/c1-2-3-6-17-13-21-19-7-4-5-8-23(19)29-25(21)26(31(17)24(32)15-27)20-12-11-18(14-22(20)28)35(33,34)30-16-9-10-16/h4-5,7-8,11-12,14,16-17,20,22,26,29-30H,2-3,6,9-10,13,15H2,1H3/t17-,20?,22?,26-/m0/s1. The van der Waals surface area contributed by atoms with Gasteiger partial charge >= 0.3 is 0 Å². The Morgan fingerprint density at radius 1 is 1.29 bits per heavy atom. The molecule has 3 aliphatic rings. The molecule has 2 unspecified atom stereocenters. The number of aromatic amines is 1. The molecule has 1 saturated carbocycles. The van der Waals surface area contributed by atoms with Crippen LogP contribution in [0.4, 0.5) is 4.39 Å². The lowest BCUT2D eigenvalue weighted by atomic mass is 9.80. The molecule has 1 aliphatic heterocycles. The van der Waals surface area contributed by atoms with Gasteiger partial charge in [0.1, 0.15) is 12.1 Å². The zero-order valence-electron chi connectivity index (χ0n) is 19.7. The molecule has 2 aromatic rings. The number of nitrogens with zero attached hydrogens (tertiary/aromatic N) is 1. The molecule has 0 radical (unpaired) electrons. The van der Waals surface area contributed by atoms with E-state index in [4.69, 9.17) is 11.6 Å². The first kappa shape index (κ1) is 24.5. The Morgan fingerprint density at radius 3 is 2.74 bits per heavy atom. The Labute approximate surface area is 210 Å². The predicted molar refractivity (Wildman–Crippen MR) is 136 cm³/mol. The maximum atomic E-state index is 15.8. The van der Waals surface area contributed by atoms with Crippen LogP contribution in [-0.4, -0.2) is 48.3 Å². The number of aromatic nitrogens is 1.